The van der Waals surface area contributed by atoms with Gasteiger partial charge in [0.05, 0.1) is 12.1 Å². The molecule has 1 radical (unpaired) electrons. The van der Waals surface area contributed by atoms with E-state index in [-0.39, 0.29) is 51.0 Å². The molecule has 0 bridgehead atoms. The number of carbonyl (C=O) groups is 2. The molecule has 8 rings (SSSR count). The second-order valence-corrected chi connectivity index (χ2v) is 11.9. The van der Waals surface area contributed by atoms with Crippen LogP contribution in [-0.2, 0) is 16.8 Å². The Morgan fingerprint density at radius 3 is 0.961 bits per heavy atom. The van der Waals surface area contributed by atoms with Crippen molar-refractivity contribution in [3.8, 4) is 0 Å². The van der Waals surface area contributed by atoms with Gasteiger partial charge in [0.25, 0.3) is 0 Å². The normalized spacial score (nSPS) is 14.0. The van der Waals surface area contributed by atoms with Crippen LogP contribution < -0.4 is 20.8 Å². The summed E-state index contributed by atoms with van der Waals surface area (Å²) in [4.78, 5) is 25.8. The number of hydrogen-bond donors (Lipinski definition) is 2. The summed E-state index contributed by atoms with van der Waals surface area (Å²) in [5, 5.41) is 32.5. The molecule has 2 unspecified atom stereocenters. The first-order valence-corrected chi connectivity index (χ1v) is 16.3. The molecule has 0 spiro atoms. The van der Waals surface area contributed by atoms with Crippen LogP contribution >= 0.6 is 0 Å². The van der Waals surface area contributed by atoms with E-state index in [0.29, 0.717) is 22.3 Å². The number of ketones is 2. The van der Waals surface area contributed by atoms with Crippen molar-refractivity contribution in [1.29, 1.82) is 0 Å². The molecule has 0 heterocycles. The van der Waals surface area contributed by atoms with Gasteiger partial charge in [0, 0.05) is 33.6 Å². The number of para-hydroxylation sites is 2. The Hall–Kier alpha value is -6.15. The van der Waals surface area contributed by atoms with Crippen molar-refractivity contribution in [1.82, 2.24) is 0 Å². The molecule has 7 heteroatoms. The van der Waals surface area contributed by atoms with Crippen LogP contribution in [0.4, 0.5) is 11.4 Å². The smallest absolute Gasteiger partial charge is 0.872 e. The molecule has 0 aliphatic heterocycles. The molecule has 6 nitrogen and oxygen atoms in total. The fourth-order valence-electron chi connectivity index (χ4n) is 6.41. The Morgan fingerprint density at radius 1 is 0.373 bits per heavy atom. The molecular weight excluding hydrogens is 679 g/mol. The molecule has 51 heavy (non-hydrogen) atoms. The van der Waals surface area contributed by atoms with E-state index in [1.54, 1.807) is 48.5 Å². The zero-order chi connectivity index (χ0) is 34.5. The second-order valence-electron chi connectivity index (χ2n) is 11.9. The van der Waals surface area contributed by atoms with Crippen LogP contribution in [0.1, 0.15) is 55.1 Å². The minimum atomic E-state index is -0.490. The standard InChI is InChI=1S/2C22H17NO2.Co/c2*24-21-17-13-7-8-14-18(17)22(25)19(21)20(15-9-3-1-4-10-15)23-16-11-5-2-6-12-16;/h2*1-14,20,23-24H;/q;;+2/p-2. The molecule has 0 amide bonds. The van der Waals surface area contributed by atoms with E-state index >= 15 is 0 Å². The van der Waals surface area contributed by atoms with Gasteiger partial charge in [0.2, 0.25) is 0 Å². The zero-order valence-electron chi connectivity index (χ0n) is 27.3. The van der Waals surface area contributed by atoms with E-state index in [4.69, 9.17) is 0 Å². The third kappa shape index (κ3) is 7.12. The number of hydrogen-bond acceptors (Lipinski definition) is 6. The largest absolute Gasteiger partial charge is 2.00 e. The van der Waals surface area contributed by atoms with Crippen LogP contribution in [-0.4, -0.2) is 11.6 Å². The average molecular weight is 712 g/mol. The van der Waals surface area contributed by atoms with Crippen LogP contribution in [0.25, 0.3) is 11.5 Å². The number of anilines is 2. The number of nitrogens with one attached hydrogen (secondary N) is 2. The summed E-state index contributed by atoms with van der Waals surface area (Å²) in [5.74, 6) is -0.786. The maximum Gasteiger partial charge on any atom is 2.00 e. The molecule has 2 atom stereocenters. The number of carbonyl (C=O) groups excluding carboxylic acids is 2. The van der Waals surface area contributed by atoms with E-state index < -0.39 is 12.1 Å². The van der Waals surface area contributed by atoms with Gasteiger partial charge in [0.15, 0.2) is 11.6 Å². The minimum absolute atomic E-state index is 0. The summed E-state index contributed by atoms with van der Waals surface area (Å²) in [6.45, 7) is 0. The van der Waals surface area contributed by atoms with Crippen LogP contribution in [0.3, 0.4) is 0 Å². The third-order valence-corrected chi connectivity index (χ3v) is 8.82. The fourth-order valence-corrected chi connectivity index (χ4v) is 6.41. The molecule has 2 N–H and O–H groups in total. The number of Topliss-reactive ketones (excluding diaryl/α,β-unsaturated/α-hetero) is 2. The van der Waals surface area contributed by atoms with Crippen molar-refractivity contribution in [2.24, 2.45) is 0 Å². The van der Waals surface area contributed by atoms with Crippen LogP contribution in [0, 0.1) is 0 Å². The Labute approximate surface area is 307 Å². The van der Waals surface area contributed by atoms with Gasteiger partial charge in [-0.2, -0.15) is 0 Å². The topological polar surface area (TPSA) is 104 Å². The molecule has 0 saturated heterocycles. The minimum Gasteiger partial charge on any atom is -0.872 e. The van der Waals surface area contributed by atoms with Crippen molar-refractivity contribution in [2.75, 3.05) is 10.6 Å². The van der Waals surface area contributed by atoms with Gasteiger partial charge in [0.1, 0.15) is 0 Å². The van der Waals surface area contributed by atoms with Gasteiger partial charge in [-0.3, -0.25) is 9.59 Å². The maximum absolute atomic E-state index is 12.9. The Bertz CT molecular complexity index is 2060. The molecule has 0 saturated carbocycles. The first-order valence-electron chi connectivity index (χ1n) is 16.3. The van der Waals surface area contributed by atoms with Gasteiger partial charge in [-0.1, -0.05) is 157 Å². The molecule has 0 aromatic heterocycles. The average Bonchev–Trinajstić information content (AvgIpc) is 3.58. The van der Waals surface area contributed by atoms with E-state index in [1.807, 2.05) is 121 Å². The molecular formula is C44H32CoN2O4. The van der Waals surface area contributed by atoms with Crippen molar-refractivity contribution >= 4 is 34.5 Å². The van der Waals surface area contributed by atoms with Gasteiger partial charge >= 0.3 is 16.8 Å². The predicted molar refractivity (Wildman–Crippen MR) is 194 cm³/mol. The maximum atomic E-state index is 12.9. The number of fused-ring (bicyclic) bond motifs is 2. The van der Waals surface area contributed by atoms with E-state index in [2.05, 4.69) is 10.6 Å². The summed E-state index contributed by atoms with van der Waals surface area (Å²) in [5.41, 5.74) is 5.98. The summed E-state index contributed by atoms with van der Waals surface area (Å²) in [7, 11) is 0. The van der Waals surface area contributed by atoms with Crippen molar-refractivity contribution < 1.29 is 36.6 Å². The van der Waals surface area contributed by atoms with E-state index in [1.165, 1.54) is 0 Å². The fraction of sp³-hybridized carbons (Fsp3) is 0.0455. The summed E-state index contributed by atoms with van der Waals surface area (Å²) >= 11 is 0. The summed E-state index contributed by atoms with van der Waals surface area (Å²) in [6.07, 6.45) is 0. The first kappa shape index (κ1) is 34.7. The van der Waals surface area contributed by atoms with Gasteiger partial charge < -0.3 is 20.8 Å². The zero-order valence-corrected chi connectivity index (χ0v) is 28.3. The number of rotatable bonds is 8. The van der Waals surface area contributed by atoms with E-state index in [9.17, 15) is 19.8 Å². The summed E-state index contributed by atoms with van der Waals surface area (Å²) in [6, 6.07) is 51.4. The van der Waals surface area contributed by atoms with Crippen LogP contribution in [0.5, 0.6) is 0 Å². The van der Waals surface area contributed by atoms with Gasteiger partial charge in [-0.05, 0) is 46.5 Å². The van der Waals surface area contributed by atoms with Gasteiger partial charge in [-0.15, -0.1) is 0 Å². The number of benzene rings is 6. The van der Waals surface area contributed by atoms with Crippen molar-refractivity contribution in [2.45, 2.75) is 12.1 Å². The molecule has 6 aromatic rings. The van der Waals surface area contributed by atoms with Gasteiger partial charge in [-0.25, -0.2) is 0 Å². The summed E-state index contributed by atoms with van der Waals surface area (Å²) < 4.78 is 0. The van der Waals surface area contributed by atoms with E-state index in [0.717, 1.165) is 22.5 Å². The molecule has 6 aromatic carbocycles. The Balaban J connectivity index is 0.000000172. The van der Waals surface area contributed by atoms with Crippen molar-refractivity contribution in [3.63, 3.8) is 0 Å². The quantitative estimate of drug-likeness (QED) is 0.169. The predicted octanol–water partition coefficient (Wildman–Crippen LogP) is 7.61. The monoisotopic (exact) mass is 711 g/mol. The third-order valence-electron chi connectivity index (χ3n) is 8.82. The van der Waals surface area contributed by atoms with Crippen LogP contribution in [0.15, 0.2) is 181 Å². The molecule has 2 aliphatic carbocycles. The second kappa shape index (κ2) is 15.6. The molecule has 0 fully saturated rings. The Morgan fingerprint density at radius 2 is 0.647 bits per heavy atom. The molecule has 251 valence electrons. The van der Waals surface area contributed by atoms with Crippen LogP contribution in [0.2, 0.25) is 0 Å². The van der Waals surface area contributed by atoms with Crippen molar-refractivity contribution in [3.05, 3.63) is 214 Å². The SMILES string of the molecule is O=C1C(C(Nc2ccccc2)c2ccccc2)=C([O-])c2ccccc21.O=C1C(C(Nc2ccccc2)c2ccccc2)=C([O-])c2ccccc21.[Co+2]. The molecule has 2 aliphatic rings. The Kier molecular flexibility index (Phi) is 10.6. The first-order chi connectivity index (χ1) is 24.5.